The highest BCUT2D eigenvalue weighted by Gasteiger charge is 2.44. The van der Waals surface area contributed by atoms with Crippen molar-refractivity contribution in [2.45, 2.75) is 31.8 Å². The minimum Gasteiger partial charge on any atom is -0.352 e. The summed E-state index contributed by atoms with van der Waals surface area (Å²) < 4.78 is 2.67. The van der Waals surface area contributed by atoms with Crippen molar-refractivity contribution in [1.29, 1.82) is 0 Å². The van der Waals surface area contributed by atoms with Crippen LogP contribution in [-0.2, 0) is 6.54 Å². The zero-order valence-corrected chi connectivity index (χ0v) is 13.6. The first-order valence-electron chi connectivity index (χ1n) is 6.05. The lowest BCUT2D eigenvalue weighted by Crippen LogP contribution is -2.38. The SMILES string of the molecule is Ic1cc(I)c2c(c1)N=C1C3CCC(C3)N1C2. The van der Waals surface area contributed by atoms with Gasteiger partial charge >= 0.3 is 0 Å². The lowest BCUT2D eigenvalue weighted by Gasteiger charge is -2.34. The van der Waals surface area contributed by atoms with E-state index in [0.717, 1.165) is 18.5 Å². The molecule has 17 heavy (non-hydrogen) atoms. The van der Waals surface area contributed by atoms with E-state index in [1.54, 1.807) is 0 Å². The summed E-state index contributed by atoms with van der Waals surface area (Å²) in [6, 6.07) is 5.27. The molecule has 4 heteroatoms. The van der Waals surface area contributed by atoms with E-state index in [-0.39, 0.29) is 0 Å². The monoisotopic (exact) mass is 450 g/mol. The topological polar surface area (TPSA) is 15.6 Å². The molecule has 3 aliphatic rings. The van der Waals surface area contributed by atoms with Gasteiger partial charge in [0.1, 0.15) is 5.84 Å². The Morgan fingerprint density at radius 2 is 2.12 bits per heavy atom. The number of halogens is 2. The van der Waals surface area contributed by atoms with Crippen molar-refractivity contribution in [3.05, 3.63) is 24.8 Å². The van der Waals surface area contributed by atoms with Gasteiger partial charge in [-0.05, 0) is 76.6 Å². The molecule has 1 aliphatic carbocycles. The Morgan fingerprint density at radius 1 is 1.24 bits per heavy atom. The van der Waals surface area contributed by atoms with E-state index in [2.05, 4.69) is 62.2 Å². The first-order valence-corrected chi connectivity index (χ1v) is 8.21. The number of hydrogen-bond donors (Lipinski definition) is 0. The molecule has 0 radical (unpaired) electrons. The minimum atomic E-state index is 0.753. The second kappa shape index (κ2) is 3.82. The summed E-state index contributed by atoms with van der Waals surface area (Å²) >= 11 is 4.84. The van der Waals surface area contributed by atoms with Crippen LogP contribution in [0.3, 0.4) is 0 Å². The lowest BCUT2D eigenvalue weighted by atomic mass is 10.0. The van der Waals surface area contributed by atoms with Crippen LogP contribution in [0.1, 0.15) is 24.8 Å². The maximum Gasteiger partial charge on any atom is 0.109 e. The van der Waals surface area contributed by atoms with Crippen LogP contribution in [0.2, 0.25) is 0 Å². The molecular formula is C13H12I2N2. The minimum absolute atomic E-state index is 0.753. The van der Waals surface area contributed by atoms with Crippen molar-refractivity contribution in [3.63, 3.8) is 0 Å². The van der Waals surface area contributed by atoms with E-state index in [9.17, 15) is 0 Å². The Hall–Kier alpha value is 0.150. The first-order chi connectivity index (χ1) is 8.22. The Kier molecular flexibility index (Phi) is 2.48. The zero-order valence-electron chi connectivity index (χ0n) is 9.29. The van der Waals surface area contributed by atoms with Crippen LogP contribution < -0.4 is 0 Å². The summed E-state index contributed by atoms with van der Waals surface area (Å²) in [6.45, 7) is 1.09. The van der Waals surface area contributed by atoms with Crippen molar-refractivity contribution in [1.82, 2.24) is 4.90 Å². The molecule has 1 saturated heterocycles. The maximum absolute atomic E-state index is 4.94. The highest BCUT2D eigenvalue weighted by Crippen LogP contribution is 2.45. The Balaban J connectivity index is 1.87. The van der Waals surface area contributed by atoms with Gasteiger partial charge in [-0.3, -0.25) is 0 Å². The van der Waals surface area contributed by atoms with Crippen molar-refractivity contribution < 1.29 is 0 Å². The number of nitrogens with zero attached hydrogens (tertiary/aromatic N) is 2. The Labute approximate surface area is 128 Å². The molecule has 2 atom stereocenters. The predicted octanol–water partition coefficient (Wildman–Crippen LogP) is 3.92. The van der Waals surface area contributed by atoms with Crippen molar-refractivity contribution in [2.75, 3.05) is 0 Å². The molecule has 4 rings (SSSR count). The van der Waals surface area contributed by atoms with Gasteiger partial charge in [0.25, 0.3) is 0 Å². The summed E-state index contributed by atoms with van der Waals surface area (Å²) in [6.07, 6.45) is 4.08. The number of piperidine rings is 1. The van der Waals surface area contributed by atoms with Crippen LogP contribution >= 0.6 is 45.2 Å². The molecule has 2 bridgehead atoms. The second-order valence-corrected chi connectivity index (χ2v) is 7.55. The van der Waals surface area contributed by atoms with Crippen LogP contribution in [0.25, 0.3) is 0 Å². The highest BCUT2D eigenvalue weighted by molar-refractivity contribution is 14.1. The van der Waals surface area contributed by atoms with Gasteiger partial charge in [-0.15, -0.1) is 0 Å². The molecule has 0 amide bonds. The number of fused-ring (bicyclic) bond motifs is 6. The third-order valence-electron chi connectivity index (χ3n) is 4.21. The molecule has 2 heterocycles. The number of aliphatic imine (C=N–C) groups is 1. The van der Waals surface area contributed by atoms with E-state index in [1.807, 2.05) is 0 Å². The summed E-state index contributed by atoms with van der Waals surface area (Å²) in [4.78, 5) is 7.51. The standard InChI is InChI=1S/C13H12I2N2/c14-8-4-11(15)10-6-17-9-2-1-7(3-9)13(17)16-12(10)5-8/h4-5,7,9H,1-3,6H2. The summed E-state index contributed by atoms with van der Waals surface area (Å²) in [5.41, 5.74) is 2.66. The van der Waals surface area contributed by atoms with Gasteiger partial charge in [0, 0.05) is 31.2 Å². The number of amidine groups is 1. The third kappa shape index (κ3) is 1.59. The molecule has 1 saturated carbocycles. The van der Waals surface area contributed by atoms with Gasteiger partial charge in [-0.25, -0.2) is 4.99 Å². The molecule has 1 aromatic rings. The molecular weight excluding hydrogens is 438 g/mol. The van der Waals surface area contributed by atoms with Crippen LogP contribution in [0.4, 0.5) is 5.69 Å². The van der Waals surface area contributed by atoms with Gasteiger partial charge in [0.05, 0.1) is 5.69 Å². The van der Waals surface area contributed by atoms with E-state index in [4.69, 9.17) is 4.99 Å². The second-order valence-electron chi connectivity index (χ2n) is 5.15. The molecule has 2 unspecified atom stereocenters. The van der Waals surface area contributed by atoms with Gasteiger partial charge < -0.3 is 4.90 Å². The first kappa shape index (κ1) is 11.0. The fourth-order valence-corrected chi connectivity index (χ4v) is 5.39. The zero-order chi connectivity index (χ0) is 11.6. The number of rotatable bonds is 0. The predicted molar refractivity (Wildman–Crippen MR) is 85.6 cm³/mol. The normalized spacial score (nSPS) is 29.1. The van der Waals surface area contributed by atoms with Gasteiger partial charge in [0.2, 0.25) is 0 Å². The largest absolute Gasteiger partial charge is 0.352 e. The molecule has 88 valence electrons. The molecule has 1 aromatic carbocycles. The number of hydrogen-bond acceptors (Lipinski definition) is 2. The van der Waals surface area contributed by atoms with Crippen LogP contribution in [0.15, 0.2) is 17.1 Å². The van der Waals surface area contributed by atoms with E-state index in [1.165, 1.54) is 43.5 Å². The molecule has 0 N–H and O–H groups in total. The molecule has 2 fully saturated rings. The lowest BCUT2D eigenvalue weighted by molar-refractivity contribution is 0.316. The van der Waals surface area contributed by atoms with E-state index in [0.29, 0.717) is 0 Å². The van der Waals surface area contributed by atoms with Gasteiger partial charge in [0.15, 0.2) is 0 Å². The molecule has 2 aliphatic heterocycles. The average molecular weight is 450 g/mol. The fourth-order valence-electron chi connectivity index (χ4n) is 3.40. The smallest absolute Gasteiger partial charge is 0.109 e. The summed E-state index contributed by atoms with van der Waals surface area (Å²) in [5.74, 6) is 2.13. The summed E-state index contributed by atoms with van der Waals surface area (Å²) in [5, 5.41) is 0. The Bertz CT molecular complexity index is 538. The van der Waals surface area contributed by atoms with Crippen LogP contribution in [0, 0.1) is 13.1 Å². The van der Waals surface area contributed by atoms with Crippen molar-refractivity contribution in [3.8, 4) is 0 Å². The van der Waals surface area contributed by atoms with Crippen molar-refractivity contribution >= 4 is 56.7 Å². The quantitative estimate of drug-likeness (QED) is 0.548. The molecule has 2 nitrogen and oxygen atoms in total. The van der Waals surface area contributed by atoms with Crippen LogP contribution in [0.5, 0.6) is 0 Å². The van der Waals surface area contributed by atoms with Crippen molar-refractivity contribution in [2.24, 2.45) is 10.9 Å². The number of benzene rings is 1. The van der Waals surface area contributed by atoms with Gasteiger partial charge in [-0.2, -0.15) is 0 Å². The summed E-state index contributed by atoms with van der Waals surface area (Å²) in [7, 11) is 0. The maximum atomic E-state index is 4.94. The Morgan fingerprint density at radius 3 is 3.00 bits per heavy atom. The fraction of sp³-hybridized carbons (Fsp3) is 0.462. The average Bonchev–Trinajstić information content (AvgIpc) is 2.87. The third-order valence-corrected chi connectivity index (χ3v) is 5.79. The highest BCUT2D eigenvalue weighted by atomic mass is 127. The van der Waals surface area contributed by atoms with Gasteiger partial charge in [-0.1, -0.05) is 0 Å². The van der Waals surface area contributed by atoms with E-state index >= 15 is 0 Å². The molecule has 0 aromatic heterocycles. The van der Waals surface area contributed by atoms with E-state index < -0.39 is 0 Å². The molecule has 0 spiro atoms. The van der Waals surface area contributed by atoms with Crippen LogP contribution in [-0.4, -0.2) is 16.8 Å².